The topological polar surface area (TPSA) is 35.0 Å². The molecule has 1 heterocycles. The van der Waals surface area contributed by atoms with Crippen LogP contribution in [0.15, 0.2) is 6.20 Å². The fraction of sp³-hybridized carbons (Fsp3) is 0.714. The summed E-state index contributed by atoms with van der Waals surface area (Å²) < 4.78 is 5.71. The molecular weight excluding hydrogens is 292 g/mol. The van der Waals surface area contributed by atoms with Crippen LogP contribution < -0.4 is 0 Å². The van der Waals surface area contributed by atoms with Crippen LogP contribution in [0.4, 0.5) is 0 Å². The number of nitrogens with zero attached hydrogens (tertiary/aromatic N) is 2. The predicted octanol–water partition coefficient (Wildman–Crippen LogP) is 3.91. The average Bonchev–Trinajstić information content (AvgIpc) is 3.25. The minimum atomic E-state index is -0.325. The van der Waals surface area contributed by atoms with E-state index in [-0.39, 0.29) is 5.60 Å². The molecule has 0 spiro atoms. The highest BCUT2D eigenvalue weighted by Crippen LogP contribution is 2.42. The number of alkyl halides is 1. The monoisotopic (exact) mass is 312 g/mol. The second-order valence-electron chi connectivity index (χ2n) is 4.92. The third-order valence-corrected chi connectivity index (χ3v) is 4.55. The van der Waals surface area contributed by atoms with Gasteiger partial charge in [-0.2, -0.15) is 0 Å². The normalized spacial score (nSPS) is 16.0. The lowest BCUT2D eigenvalue weighted by Gasteiger charge is -2.29. The minimum absolute atomic E-state index is 0.325. The fourth-order valence-electron chi connectivity index (χ4n) is 2.40. The zero-order chi connectivity index (χ0) is 13.2. The molecular formula is C14H21BrN2O. The lowest BCUT2D eigenvalue weighted by molar-refractivity contribution is -0.0293. The van der Waals surface area contributed by atoms with E-state index in [2.05, 4.69) is 34.8 Å². The third kappa shape index (κ3) is 2.45. The van der Waals surface area contributed by atoms with Gasteiger partial charge in [-0.15, -0.1) is 0 Å². The zero-order valence-electron chi connectivity index (χ0n) is 11.4. The summed E-state index contributed by atoms with van der Waals surface area (Å²) in [7, 11) is 1.76. The maximum atomic E-state index is 5.71. The average molecular weight is 313 g/mol. The van der Waals surface area contributed by atoms with Crippen LogP contribution in [0.25, 0.3) is 0 Å². The van der Waals surface area contributed by atoms with Crippen LogP contribution in [0.5, 0.6) is 0 Å². The molecule has 2 rings (SSSR count). The van der Waals surface area contributed by atoms with Crippen molar-refractivity contribution in [1.82, 2.24) is 9.97 Å². The van der Waals surface area contributed by atoms with Crippen molar-refractivity contribution in [2.75, 3.05) is 7.11 Å². The molecule has 1 aromatic rings. The largest absolute Gasteiger partial charge is 0.370 e. The number of ether oxygens (including phenoxy) is 1. The SMILES string of the molecule is CCC(CC)(OC)c1ncc(CBr)c(C2CC2)n1. The maximum absolute atomic E-state index is 5.71. The van der Waals surface area contributed by atoms with E-state index in [1.807, 2.05) is 6.20 Å². The molecule has 0 aromatic carbocycles. The van der Waals surface area contributed by atoms with E-state index in [1.54, 1.807) is 7.11 Å². The summed E-state index contributed by atoms with van der Waals surface area (Å²) in [5.74, 6) is 1.49. The standard InChI is InChI=1S/C14H21BrN2O/c1-4-14(5-2,18-3)13-16-9-11(8-15)12(17-13)10-6-7-10/h9-10H,4-8H2,1-3H3. The van der Waals surface area contributed by atoms with Gasteiger partial charge in [0.2, 0.25) is 0 Å². The highest BCUT2D eigenvalue weighted by Gasteiger charge is 2.34. The van der Waals surface area contributed by atoms with E-state index < -0.39 is 0 Å². The summed E-state index contributed by atoms with van der Waals surface area (Å²) in [6.45, 7) is 4.26. The molecule has 1 aromatic heterocycles. The van der Waals surface area contributed by atoms with Gasteiger partial charge in [0.25, 0.3) is 0 Å². The van der Waals surface area contributed by atoms with E-state index in [0.717, 1.165) is 24.0 Å². The molecule has 100 valence electrons. The van der Waals surface area contributed by atoms with Gasteiger partial charge >= 0.3 is 0 Å². The van der Waals surface area contributed by atoms with Crippen LogP contribution >= 0.6 is 15.9 Å². The Hall–Kier alpha value is -0.480. The Balaban J connectivity index is 2.41. The summed E-state index contributed by atoms with van der Waals surface area (Å²) in [5, 5.41) is 0.831. The van der Waals surface area contributed by atoms with Crippen LogP contribution in [0.1, 0.15) is 62.5 Å². The van der Waals surface area contributed by atoms with Crippen molar-refractivity contribution in [1.29, 1.82) is 0 Å². The molecule has 18 heavy (non-hydrogen) atoms. The summed E-state index contributed by atoms with van der Waals surface area (Å²) in [4.78, 5) is 9.36. The van der Waals surface area contributed by atoms with Crippen LogP contribution in [0.3, 0.4) is 0 Å². The van der Waals surface area contributed by atoms with Crippen LogP contribution in [-0.2, 0) is 15.7 Å². The van der Waals surface area contributed by atoms with Gasteiger partial charge in [-0.25, -0.2) is 9.97 Å². The van der Waals surface area contributed by atoms with Crippen molar-refractivity contribution < 1.29 is 4.74 Å². The Kier molecular flexibility index (Phi) is 4.38. The second kappa shape index (κ2) is 5.66. The summed E-state index contributed by atoms with van der Waals surface area (Å²) in [6.07, 6.45) is 6.28. The summed E-state index contributed by atoms with van der Waals surface area (Å²) in [5.41, 5.74) is 2.12. The van der Waals surface area contributed by atoms with Gasteiger partial charge in [-0.1, -0.05) is 29.8 Å². The molecule has 0 radical (unpaired) electrons. The first-order valence-electron chi connectivity index (χ1n) is 6.68. The van der Waals surface area contributed by atoms with Gasteiger partial charge in [0.15, 0.2) is 5.82 Å². The van der Waals surface area contributed by atoms with Crippen LogP contribution in [-0.4, -0.2) is 17.1 Å². The molecule has 0 amide bonds. The summed E-state index contributed by atoms with van der Waals surface area (Å²) in [6, 6.07) is 0. The lowest BCUT2D eigenvalue weighted by Crippen LogP contribution is -2.30. The van der Waals surface area contributed by atoms with Gasteiger partial charge in [0.1, 0.15) is 5.60 Å². The first-order chi connectivity index (χ1) is 8.70. The molecule has 3 nitrogen and oxygen atoms in total. The van der Waals surface area contributed by atoms with Crippen molar-refractivity contribution in [3.8, 4) is 0 Å². The van der Waals surface area contributed by atoms with Gasteiger partial charge in [-0.3, -0.25) is 0 Å². The van der Waals surface area contributed by atoms with Crippen molar-refractivity contribution in [2.45, 2.75) is 56.4 Å². The molecule has 0 saturated heterocycles. The molecule has 4 heteroatoms. The van der Waals surface area contributed by atoms with Crippen molar-refractivity contribution >= 4 is 15.9 Å². The van der Waals surface area contributed by atoms with Gasteiger partial charge in [-0.05, 0) is 25.7 Å². The molecule has 1 fully saturated rings. The Bertz CT molecular complexity index is 406. The van der Waals surface area contributed by atoms with Gasteiger partial charge in [0.05, 0.1) is 5.69 Å². The number of rotatable bonds is 6. The molecule has 1 aliphatic rings. The van der Waals surface area contributed by atoms with Crippen LogP contribution in [0.2, 0.25) is 0 Å². The van der Waals surface area contributed by atoms with E-state index >= 15 is 0 Å². The smallest absolute Gasteiger partial charge is 0.160 e. The Morgan fingerprint density at radius 1 is 1.39 bits per heavy atom. The van der Waals surface area contributed by atoms with E-state index in [0.29, 0.717) is 5.92 Å². The van der Waals surface area contributed by atoms with Crippen molar-refractivity contribution in [3.63, 3.8) is 0 Å². The molecule has 0 unspecified atom stereocenters. The lowest BCUT2D eigenvalue weighted by atomic mass is 9.95. The van der Waals surface area contributed by atoms with Crippen molar-refractivity contribution in [3.05, 3.63) is 23.3 Å². The summed E-state index contributed by atoms with van der Waals surface area (Å²) >= 11 is 3.52. The molecule has 0 N–H and O–H groups in total. The highest BCUT2D eigenvalue weighted by molar-refractivity contribution is 9.08. The van der Waals surface area contributed by atoms with Crippen molar-refractivity contribution in [2.24, 2.45) is 0 Å². The first kappa shape index (κ1) is 13.9. The second-order valence-corrected chi connectivity index (χ2v) is 5.48. The zero-order valence-corrected chi connectivity index (χ0v) is 13.0. The number of hydrogen-bond acceptors (Lipinski definition) is 3. The van der Waals surface area contributed by atoms with E-state index in [1.165, 1.54) is 24.1 Å². The van der Waals surface area contributed by atoms with Gasteiger partial charge in [0, 0.05) is 30.1 Å². The Morgan fingerprint density at radius 2 is 2.06 bits per heavy atom. The van der Waals surface area contributed by atoms with Crippen LogP contribution in [0, 0.1) is 0 Å². The maximum Gasteiger partial charge on any atom is 0.160 e. The van der Waals surface area contributed by atoms with Gasteiger partial charge < -0.3 is 4.74 Å². The molecule has 0 atom stereocenters. The minimum Gasteiger partial charge on any atom is -0.370 e. The molecule has 1 saturated carbocycles. The van der Waals surface area contributed by atoms with E-state index in [9.17, 15) is 0 Å². The Morgan fingerprint density at radius 3 is 2.50 bits per heavy atom. The molecule has 0 bridgehead atoms. The third-order valence-electron chi connectivity index (χ3n) is 3.95. The number of hydrogen-bond donors (Lipinski definition) is 0. The first-order valence-corrected chi connectivity index (χ1v) is 7.80. The Labute approximate surface area is 117 Å². The highest BCUT2D eigenvalue weighted by atomic mass is 79.9. The number of halogens is 1. The number of aromatic nitrogens is 2. The van der Waals surface area contributed by atoms with E-state index in [4.69, 9.17) is 9.72 Å². The molecule has 1 aliphatic carbocycles. The quantitative estimate of drug-likeness (QED) is 0.747. The number of methoxy groups -OCH3 is 1. The molecule has 0 aliphatic heterocycles. The predicted molar refractivity (Wildman–Crippen MR) is 75.9 cm³/mol. The fourth-order valence-corrected chi connectivity index (χ4v) is 2.83.